The van der Waals surface area contributed by atoms with Crippen molar-refractivity contribution in [1.82, 2.24) is 0 Å². The summed E-state index contributed by atoms with van der Waals surface area (Å²) in [6.07, 6.45) is -0.556. The summed E-state index contributed by atoms with van der Waals surface area (Å²) in [7, 11) is 0. The van der Waals surface area contributed by atoms with Crippen molar-refractivity contribution in [2.75, 3.05) is 0 Å². The van der Waals surface area contributed by atoms with Crippen LogP contribution in [0.4, 0.5) is 0 Å². The van der Waals surface area contributed by atoms with Gasteiger partial charge in [-0.1, -0.05) is 0 Å². The Morgan fingerprint density at radius 3 is 1.93 bits per heavy atom. The molecule has 0 bridgehead atoms. The number of aliphatic carboxylic acids is 1. The molecular formula is C8H17ClN2O4. The summed E-state index contributed by atoms with van der Waals surface area (Å²) < 4.78 is 4.86. The summed E-state index contributed by atoms with van der Waals surface area (Å²) in [6.45, 7) is 5.00. The molecule has 15 heavy (non-hydrogen) atoms. The third kappa shape index (κ3) is 7.12. The van der Waals surface area contributed by atoms with Gasteiger partial charge < -0.3 is 21.3 Å². The summed E-state index contributed by atoms with van der Waals surface area (Å²) in [6, 6.07) is 0. The van der Waals surface area contributed by atoms with Gasteiger partial charge in [0.05, 0.1) is 6.42 Å². The smallest absolute Gasteiger partial charge is 0.339 e. The summed E-state index contributed by atoms with van der Waals surface area (Å²) >= 11 is 0. The van der Waals surface area contributed by atoms with Crippen molar-refractivity contribution in [1.29, 1.82) is 0 Å². The van der Waals surface area contributed by atoms with Crippen LogP contribution in [0.15, 0.2) is 0 Å². The van der Waals surface area contributed by atoms with E-state index in [0.29, 0.717) is 0 Å². The lowest BCUT2D eigenvalue weighted by Crippen LogP contribution is -2.58. The molecule has 0 amide bonds. The molecule has 0 spiro atoms. The Balaban J connectivity index is 0. The molecule has 0 saturated heterocycles. The van der Waals surface area contributed by atoms with Gasteiger partial charge in [0.25, 0.3) is 0 Å². The van der Waals surface area contributed by atoms with Crippen LogP contribution in [0, 0.1) is 0 Å². The number of esters is 1. The van der Waals surface area contributed by atoms with Crippen LogP contribution >= 0.6 is 12.4 Å². The van der Waals surface area contributed by atoms with Crippen molar-refractivity contribution in [3.05, 3.63) is 0 Å². The molecule has 0 fully saturated rings. The number of hydrogen-bond donors (Lipinski definition) is 3. The second-order valence-corrected chi connectivity index (χ2v) is 4.11. The first-order chi connectivity index (χ1) is 6.04. The van der Waals surface area contributed by atoms with Gasteiger partial charge in [0, 0.05) is 0 Å². The molecule has 0 atom stereocenters. The van der Waals surface area contributed by atoms with Crippen molar-refractivity contribution < 1.29 is 19.4 Å². The van der Waals surface area contributed by atoms with Crippen molar-refractivity contribution in [3.63, 3.8) is 0 Å². The Morgan fingerprint density at radius 1 is 1.27 bits per heavy atom. The highest BCUT2D eigenvalue weighted by Crippen LogP contribution is 2.10. The fourth-order valence-electron chi connectivity index (χ4n) is 0.692. The lowest BCUT2D eigenvalue weighted by Gasteiger charge is -2.23. The molecule has 0 aliphatic heterocycles. The molecule has 0 unspecified atom stereocenters. The normalized spacial score (nSPS) is 11.5. The molecule has 90 valence electrons. The first-order valence-electron chi connectivity index (χ1n) is 4.07. The van der Waals surface area contributed by atoms with E-state index in [-0.39, 0.29) is 12.4 Å². The van der Waals surface area contributed by atoms with Gasteiger partial charge >= 0.3 is 11.9 Å². The Morgan fingerprint density at radius 2 is 1.67 bits per heavy atom. The molecule has 0 aliphatic rings. The third-order valence-electron chi connectivity index (χ3n) is 1.26. The molecule has 0 aromatic rings. The van der Waals surface area contributed by atoms with Gasteiger partial charge in [-0.05, 0) is 20.8 Å². The number of carboxylic acid groups (broad SMARTS) is 1. The number of carbonyl (C=O) groups excluding carboxylic acids is 1. The standard InChI is InChI=1S/C8H16N2O4.ClH/c1-7(2,3)14-5(11)4-8(9,10)6(12)13;/h4,9-10H2,1-3H3,(H,12,13);1H. The molecule has 0 aliphatic carbocycles. The molecule has 6 nitrogen and oxygen atoms in total. The molecular weight excluding hydrogens is 224 g/mol. The molecule has 7 heteroatoms. The summed E-state index contributed by atoms with van der Waals surface area (Å²) in [4.78, 5) is 21.6. The average molecular weight is 241 g/mol. The Bertz CT molecular complexity index is 248. The highest BCUT2D eigenvalue weighted by Gasteiger charge is 2.33. The molecule has 0 rings (SSSR count). The second kappa shape index (κ2) is 5.29. The van der Waals surface area contributed by atoms with Crippen molar-refractivity contribution in [3.8, 4) is 0 Å². The number of rotatable bonds is 3. The number of halogens is 1. The predicted molar refractivity (Wildman–Crippen MR) is 56.5 cm³/mol. The van der Waals surface area contributed by atoms with Crippen molar-refractivity contribution >= 4 is 24.3 Å². The number of ether oxygens (including phenoxy) is 1. The monoisotopic (exact) mass is 240 g/mol. The zero-order chi connectivity index (χ0) is 11.6. The molecule has 5 N–H and O–H groups in total. The quantitative estimate of drug-likeness (QED) is 0.466. The van der Waals surface area contributed by atoms with E-state index in [9.17, 15) is 9.59 Å². The van der Waals surface area contributed by atoms with Crippen molar-refractivity contribution in [2.45, 2.75) is 38.5 Å². The van der Waals surface area contributed by atoms with Crippen LogP contribution in [-0.4, -0.2) is 28.3 Å². The molecule has 0 saturated carbocycles. The number of nitrogens with two attached hydrogens (primary N) is 2. The van der Waals surface area contributed by atoms with Gasteiger partial charge in [-0.15, -0.1) is 12.4 Å². The van der Waals surface area contributed by atoms with Crippen molar-refractivity contribution in [2.24, 2.45) is 11.5 Å². The van der Waals surface area contributed by atoms with Crippen LogP contribution in [-0.2, 0) is 14.3 Å². The van der Waals surface area contributed by atoms with E-state index in [0.717, 1.165) is 0 Å². The minimum atomic E-state index is -2.07. The zero-order valence-electron chi connectivity index (χ0n) is 8.94. The minimum Gasteiger partial charge on any atom is -0.479 e. The van der Waals surface area contributed by atoms with E-state index < -0.39 is 29.6 Å². The van der Waals surface area contributed by atoms with Crippen LogP contribution in [0.1, 0.15) is 27.2 Å². The van der Waals surface area contributed by atoms with Gasteiger partial charge in [0.15, 0.2) is 5.66 Å². The molecule has 0 aromatic heterocycles. The Kier molecular flexibility index (Phi) is 5.85. The van der Waals surface area contributed by atoms with E-state index >= 15 is 0 Å². The number of carbonyl (C=O) groups is 2. The predicted octanol–water partition coefficient (Wildman–Crippen LogP) is -0.162. The van der Waals surface area contributed by atoms with Gasteiger partial charge in [-0.3, -0.25) is 4.79 Å². The topological polar surface area (TPSA) is 116 Å². The Hall–Kier alpha value is -0.850. The summed E-state index contributed by atoms with van der Waals surface area (Å²) in [5.41, 5.74) is 7.57. The van der Waals surface area contributed by atoms with Crippen LogP contribution in [0.3, 0.4) is 0 Å². The lowest BCUT2D eigenvalue weighted by atomic mass is 10.1. The maximum Gasteiger partial charge on any atom is 0.339 e. The second-order valence-electron chi connectivity index (χ2n) is 4.11. The first kappa shape index (κ1) is 16.6. The Labute approximate surface area is 94.4 Å². The maximum absolute atomic E-state index is 11.1. The molecule has 0 aromatic carbocycles. The fourth-order valence-corrected chi connectivity index (χ4v) is 0.692. The fraction of sp³-hybridized carbons (Fsp3) is 0.750. The molecule has 0 radical (unpaired) electrons. The number of hydrogen-bond acceptors (Lipinski definition) is 5. The molecule has 0 heterocycles. The highest BCUT2D eigenvalue weighted by molar-refractivity contribution is 5.85. The van der Waals surface area contributed by atoms with E-state index in [1.165, 1.54) is 0 Å². The van der Waals surface area contributed by atoms with E-state index in [4.69, 9.17) is 21.3 Å². The van der Waals surface area contributed by atoms with Gasteiger partial charge in [-0.2, -0.15) is 0 Å². The summed E-state index contributed by atoms with van der Waals surface area (Å²) in [5, 5.41) is 8.53. The van der Waals surface area contributed by atoms with E-state index in [2.05, 4.69) is 0 Å². The van der Waals surface area contributed by atoms with E-state index in [1.54, 1.807) is 20.8 Å². The summed E-state index contributed by atoms with van der Waals surface area (Å²) in [5.74, 6) is -2.17. The van der Waals surface area contributed by atoms with Gasteiger partial charge in [-0.25, -0.2) is 4.79 Å². The third-order valence-corrected chi connectivity index (χ3v) is 1.26. The number of carboxylic acids is 1. The van der Waals surface area contributed by atoms with Gasteiger partial charge in [0.2, 0.25) is 0 Å². The zero-order valence-corrected chi connectivity index (χ0v) is 9.76. The van der Waals surface area contributed by atoms with Crippen LogP contribution in [0.2, 0.25) is 0 Å². The van der Waals surface area contributed by atoms with Crippen LogP contribution in [0.5, 0.6) is 0 Å². The van der Waals surface area contributed by atoms with Gasteiger partial charge in [0.1, 0.15) is 5.60 Å². The van der Waals surface area contributed by atoms with Crippen LogP contribution < -0.4 is 11.5 Å². The van der Waals surface area contributed by atoms with E-state index in [1.807, 2.05) is 0 Å². The minimum absolute atomic E-state index is 0. The highest BCUT2D eigenvalue weighted by atomic mass is 35.5. The van der Waals surface area contributed by atoms with Crippen LogP contribution in [0.25, 0.3) is 0 Å². The SMILES string of the molecule is CC(C)(C)OC(=O)CC(N)(N)C(=O)O.Cl. The lowest BCUT2D eigenvalue weighted by molar-refractivity contribution is -0.160. The average Bonchev–Trinajstić information content (AvgIpc) is 1.79. The largest absolute Gasteiger partial charge is 0.479 e. The first-order valence-corrected chi connectivity index (χ1v) is 4.07. The maximum atomic E-state index is 11.1.